The van der Waals surface area contributed by atoms with Crippen molar-refractivity contribution in [2.75, 3.05) is 0 Å². The number of aryl methyl sites for hydroxylation is 2. The van der Waals surface area contributed by atoms with Gasteiger partial charge in [-0.15, -0.1) is 0 Å². The second kappa shape index (κ2) is 11.6. The Morgan fingerprint density at radius 3 is 1.67 bits per heavy atom. The average Bonchev–Trinajstić information content (AvgIpc) is 2.76. The molecule has 30 heavy (non-hydrogen) atoms. The quantitative estimate of drug-likeness (QED) is 0.271. The van der Waals surface area contributed by atoms with Gasteiger partial charge in [0.1, 0.15) is 11.5 Å². The molecule has 0 fully saturated rings. The Balaban J connectivity index is 1.89. The highest BCUT2D eigenvalue weighted by Crippen LogP contribution is 2.61. The molecule has 3 aromatic carbocycles. The minimum Gasteiger partial charge on any atom is -0.428 e. The van der Waals surface area contributed by atoms with Crippen LogP contribution in [0.3, 0.4) is 0 Å². The molecule has 0 heterocycles. The van der Waals surface area contributed by atoms with Crippen LogP contribution < -0.4 is 9.05 Å². The van der Waals surface area contributed by atoms with Gasteiger partial charge in [0, 0.05) is 5.75 Å². The van der Waals surface area contributed by atoms with Crippen LogP contribution in [0.5, 0.6) is 11.5 Å². The minimum absolute atomic E-state index is 0.754. The fraction of sp³-hybridized carbons (Fsp3) is 0.280. The molecule has 0 saturated carbocycles. The van der Waals surface area contributed by atoms with E-state index >= 15 is 0 Å². The Morgan fingerprint density at radius 1 is 0.700 bits per heavy atom. The van der Waals surface area contributed by atoms with Gasteiger partial charge in [-0.3, -0.25) is 0 Å². The Kier molecular flexibility index (Phi) is 8.87. The molecule has 0 N–H and O–H groups in total. The smallest absolute Gasteiger partial charge is 0.348 e. The topological polar surface area (TPSA) is 18.5 Å². The molecule has 3 aromatic rings. The molecule has 0 bridgehead atoms. The summed E-state index contributed by atoms with van der Waals surface area (Å²) in [6.07, 6.45) is 4.03. The third-order valence-electron chi connectivity index (χ3n) is 4.64. The fourth-order valence-corrected chi connectivity index (χ4v) is 7.33. The molecule has 0 saturated heterocycles. The number of hydrogen-bond donors (Lipinski definition) is 0. The summed E-state index contributed by atoms with van der Waals surface area (Å²) in [6.45, 7) is 4.35. The van der Waals surface area contributed by atoms with E-state index < -0.39 is 5.69 Å². The normalized spacial score (nSPS) is 11.3. The third-order valence-corrected chi connectivity index (χ3v) is 9.43. The van der Waals surface area contributed by atoms with Crippen LogP contribution in [0.15, 0.2) is 78.9 Å². The zero-order chi connectivity index (χ0) is 21.2. The Labute approximate surface area is 189 Å². The Morgan fingerprint density at radius 2 is 1.17 bits per heavy atom. The standard InChI is InChI=1S/C25H29O2PS2/c1-3-12-22-16-8-10-18-24(22)26-28(29,30-20-21-14-6-5-7-15-21)27-25-19-11-9-17-23(25)13-4-2/h5-11,14-19H,3-4,12-13,20H2,1-2H3. The van der Waals surface area contributed by atoms with E-state index in [9.17, 15) is 0 Å². The van der Waals surface area contributed by atoms with Crippen LogP contribution in [-0.4, -0.2) is 0 Å². The van der Waals surface area contributed by atoms with E-state index in [1.54, 1.807) is 11.4 Å². The highest BCUT2D eigenvalue weighted by molar-refractivity contribution is 8.67. The van der Waals surface area contributed by atoms with Gasteiger partial charge in [0.05, 0.1) is 0 Å². The SMILES string of the molecule is CCCc1ccccc1OP(=S)(Oc1ccccc1CCC)SCc1ccccc1. The van der Waals surface area contributed by atoms with Crippen molar-refractivity contribution in [2.24, 2.45) is 0 Å². The molecule has 0 aliphatic heterocycles. The zero-order valence-electron chi connectivity index (χ0n) is 17.6. The monoisotopic (exact) mass is 456 g/mol. The van der Waals surface area contributed by atoms with E-state index in [-0.39, 0.29) is 0 Å². The summed E-state index contributed by atoms with van der Waals surface area (Å²) in [5.41, 5.74) is 0.897. The lowest BCUT2D eigenvalue weighted by Crippen LogP contribution is -2.02. The van der Waals surface area contributed by atoms with Crippen LogP contribution >= 0.6 is 17.1 Å². The summed E-state index contributed by atoms with van der Waals surface area (Å²) in [5, 5.41) is 0. The van der Waals surface area contributed by atoms with E-state index in [4.69, 9.17) is 20.9 Å². The number of para-hydroxylation sites is 2. The molecular weight excluding hydrogens is 427 g/mol. The van der Waals surface area contributed by atoms with Crippen molar-refractivity contribution in [1.82, 2.24) is 0 Å². The van der Waals surface area contributed by atoms with Crippen molar-refractivity contribution in [1.29, 1.82) is 0 Å². The molecule has 0 radical (unpaired) electrons. The predicted octanol–water partition coefficient (Wildman–Crippen LogP) is 8.21. The lowest BCUT2D eigenvalue weighted by Gasteiger charge is -2.25. The van der Waals surface area contributed by atoms with Crippen molar-refractivity contribution in [3.8, 4) is 11.5 Å². The second-order valence-electron chi connectivity index (χ2n) is 7.10. The van der Waals surface area contributed by atoms with Gasteiger partial charge in [0.15, 0.2) is 0 Å². The molecule has 3 rings (SSSR count). The van der Waals surface area contributed by atoms with E-state index in [0.717, 1.165) is 42.9 Å². The van der Waals surface area contributed by atoms with E-state index in [2.05, 4.69) is 50.2 Å². The van der Waals surface area contributed by atoms with Crippen molar-refractivity contribution >= 4 is 28.9 Å². The predicted molar refractivity (Wildman–Crippen MR) is 134 cm³/mol. The van der Waals surface area contributed by atoms with E-state index in [1.807, 2.05) is 42.5 Å². The van der Waals surface area contributed by atoms with Crippen LogP contribution in [0.25, 0.3) is 0 Å². The first-order valence-electron chi connectivity index (χ1n) is 10.5. The molecule has 0 aromatic heterocycles. The first kappa shape index (κ1) is 22.9. The van der Waals surface area contributed by atoms with Gasteiger partial charge < -0.3 is 9.05 Å². The highest BCUT2D eigenvalue weighted by Gasteiger charge is 2.26. The molecular formula is C25H29O2PS2. The first-order valence-corrected chi connectivity index (χ1v) is 14.7. The summed E-state index contributed by atoms with van der Waals surface area (Å²) < 4.78 is 13.0. The van der Waals surface area contributed by atoms with Gasteiger partial charge in [-0.05, 0) is 64.9 Å². The van der Waals surface area contributed by atoms with Gasteiger partial charge in [0.25, 0.3) is 0 Å². The molecule has 0 atom stereocenters. The van der Waals surface area contributed by atoms with Crippen LogP contribution in [0.4, 0.5) is 0 Å². The van der Waals surface area contributed by atoms with Gasteiger partial charge in [0.2, 0.25) is 0 Å². The molecule has 5 heteroatoms. The summed E-state index contributed by atoms with van der Waals surface area (Å²) in [6, 6.07) is 26.7. The van der Waals surface area contributed by atoms with E-state index in [0.29, 0.717) is 0 Å². The maximum Gasteiger partial charge on any atom is 0.348 e. The van der Waals surface area contributed by atoms with Gasteiger partial charge in [-0.1, -0.05) is 93.4 Å². The third kappa shape index (κ3) is 6.63. The second-order valence-corrected chi connectivity index (χ2v) is 13.3. The van der Waals surface area contributed by atoms with Crippen LogP contribution in [-0.2, 0) is 30.4 Å². The Bertz CT molecular complexity index is 920. The van der Waals surface area contributed by atoms with Gasteiger partial charge in [-0.2, -0.15) is 0 Å². The van der Waals surface area contributed by atoms with Crippen LogP contribution in [0.2, 0.25) is 0 Å². The average molecular weight is 457 g/mol. The molecule has 0 spiro atoms. The first-order chi connectivity index (χ1) is 14.6. The summed E-state index contributed by atoms with van der Waals surface area (Å²) >= 11 is 7.68. The van der Waals surface area contributed by atoms with E-state index in [1.165, 1.54) is 16.7 Å². The number of hydrogen-bond acceptors (Lipinski definition) is 4. The summed E-state index contributed by atoms with van der Waals surface area (Å²) in [5.74, 6) is 2.44. The zero-order valence-corrected chi connectivity index (χ0v) is 20.1. The lowest BCUT2D eigenvalue weighted by molar-refractivity contribution is 0.498. The van der Waals surface area contributed by atoms with Gasteiger partial charge in [-0.25, -0.2) is 0 Å². The summed E-state index contributed by atoms with van der Waals surface area (Å²) in [4.78, 5) is 0. The maximum absolute atomic E-state index is 6.51. The molecule has 0 amide bonds. The fourth-order valence-electron chi connectivity index (χ4n) is 3.18. The van der Waals surface area contributed by atoms with Crippen LogP contribution in [0, 0.1) is 0 Å². The van der Waals surface area contributed by atoms with Crippen molar-refractivity contribution in [3.05, 3.63) is 95.6 Å². The molecule has 0 aliphatic carbocycles. The van der Waals surface area contributed by atoms with Gasteiger partial charge >= 0.3 is 5.69 Å². The van der Waals surface area contributed by atoms with Crippen LogP contribution in [0.1, 0.15) is 43.4 Å². The Hall–Kier alpha value is -1.74. The minimum atomic E-state index is -2.68. The lowest BCUT2D eigenvalue weighted by atomic mass is 10.1. The largest absolute Gasteiger partial charge is 0.428 e. The van der Waals surface area contributed by atoms with Crippen molar-refractivity contribution < 1.29 is 9.05 Å². The highest BCUT2D eigenvalue weighted by atomic mass is 32.9. The summed E-state index contributed by atoms with van der Waals surface area (Å²) in [7, 11) is 0. The molecule has 0 unspecified atom stereocenters. The number of rotatable bonds is 11. The van der Waals surface area contributed by atoms with Crippen molar-refractivity contribution in [3.63, 3.8) is 0 Å². The molecule has 0 aliphatic rings. The molecule has 2 nitrogen and oxygen atoms in total. The molecule has 158 valence electrons. The van der Waals surface area contributed by atoms with Crippen molar-refractivity contribution in [2.45, 2.75) is 45.3 Å². The maximum atomic E-state index is 6.51. The number of benzene rings is 3.